The second-order valence-electron chi connectivity index (χ2n) is 3.67. The first-order chi connectivity index (χ1) is 7.13. The van der Waals surface area contributed by atoms with Gasteiger partial charge in [0.1, 0.15) is 0 Å². The number of halogens is 2. The van der Waals surface area contributed by atoms with Crippen molar-refractivity contribution in [3.63, 3.8) is 0 Å². The highest BCUT2D eigenvalue weighted by molar-refractivity contribution is 5.43. The van der Waals surface area contributed by atoms with E-state index in [9.17, 15) is 8.78 Å². The number of nitrogens with zero attached hydrogens (tertiary/aromatic N) is 1. The van der Waals surface area contributed by atoms with Gasteiger partial charge in [-0.15, -0.1) is 0 Å². The summed E-state index contributed by atoms with van der Waals surface area (Å²) >= 11 is 0. The summed E-state index contributed by atoms with van der Waals surface area (Å²) in [6.07, 6.45) is 1.38. The van der Waals surface area contributed by atoms with Crippen LogP contribution < -0.4 is 4.74 Å². The molecule has 1 aliphatic rings. The van der Waals surface area contributed by atoms with E-state index in [2.05, 4.69) is 6.07 Å². The van der Waals surface area contributed by atoms with Gasteiger partial charge in [0.2, 0.25) is 5.82 Å². The van der Waals surface area contributed by atoms with Gasteiger partial charge >= 0.3 is 0 Å². The molecule has 1 aromatic rings. The molecule has 0 radical (unpaired) electrons. The predicted octanol–water partition coefficient (Wildman–Crippen LogP) is 2.53. The van der Waals surface area contributed by atoms with Crippen LogP contribution in [0.15, 0.2) is 12.1 Å². The van der Waals surface area contributed by atoms with Crippen molar-refractivity contribution in [2.75, 3.05) is 7.11 Å². The summed E-state index contributed by atoms with van der Waals surface area (Å²) in [4.78, 5) is 0. The zero-order chi connectivity index (χ0) is 11.1. The molecule has 1 aliphatic carbocycles. The highest BCUT2D eigenvalue weighted by atomic mass is 19.2. The summed E-state index contributed by atoms with van der Waals surface area (Å²) < 4.78 is 31.0. The Kier molecular flexibility index (Phi) is 2.11. The van der Waals surface area contributed by atoms with Gasteiger partial charge in [-0.25, -0.2) is 4.39 Å². The molecule has 1 saturated carbocycles. The summed E-state index contributed by atoms with van der Waals surface area (Å²) in [6.45, 7) is 0. The van der Waals surface area contributed by atoms with E-state index in [4.69, 9.17) is 10.00 Å². The lowest BCUT2D eigenvalue weighted by Gasteiger charge is -2.09. The molecule has 0 heterocycles. The lowest BCUT2D eigenvalue weighted by molar-refractivity contribution is 0.370. The zero-order valence-corrected chi connectivity index (χ0v) is 8.18. The van der Waals surface area contributed by atoms with Gasteiger partial charge in [0.25, 0.3) is 0 Å². The lowest BCUT2D eigenvalue weighted by Crippen LogP contribution is -2.05. The molecule has 78 valence electrons. The van der Waals surface area contributed by atoms with Crippen LogP contribution in [-0.4, -0.2) is 7.11 Å². The molecule has 0 aromatic heterocycles. The smallest absolute Gasteiger partial charge is 0.200 e. The molecule has 0 amide bonds. The van der Waals surface area contributed by atoms with E-state index in [0.29, 0.717) is 18.4 Å². The molecule has 0 N–H and O–H groups in total. The lowest BCUT2D eigenvalue weighted by atomic mass is 9.97. The topological polar surface area (TPSA) is 33.0 Å². The van der Waals surface area contributed by atoms with Crippen molar-refractivity contribution in [3.05, 3.63) is 29.3 Å². The van der Waals surface area contributed by atoms with Crippen LogP contribution >= 0.6 is 0 Å². The maximum Gasteiger partial charge on any atom is 0.200 e. The van der Waals surface area contributed by atoms with Gasteiger partial charge in [-0.2, -0.15) is 9.65 Å². The van der Waals surface area contributed by atoms with E-state index in [0.717, 1.165) is 6.07 Å². The van der Waals surface area contributed by atoms with Crippen LogP contribution in [0.1, 0.15) is 18.4 Å². The Balaban J connectivity index is 2.52. The zero-order valence-electron chi connectivity index (χ0n) is 8.18. The van der Waals surface area contributed by atoms with Gasteiger partial charge in [-0.3, -0.25) is 0 Å². The third-order valence-electron chi connectivity index (χ3n) is 2.73. The van der Waals surface area contributed by atoms with Crippen LogP contribution in [0.3, 0.4) is 0 Å². The molecule has 15 heavy (non-hydrogen) atoms. The molecule has 0 aliphatic heterocycles. The van der Waals surface area contributed by atoms with E-state index in [-0.39, 0.29) is 5.75 Å². The number of ether oxygens (including phenoxy) is 1. The van der Waals surface area contributed by atoms with E-state index in [1.807, 2.05) is 0 Å². The summed E-state index contributed by atoms with van der Waals surface area (Å²) in [5, 5.41) is 8.93. The van der Waals surface area contributed by atoms with Crippen LogP contribution in [0.5, 0.6) is 5.75 Å². The van der Waals surface area contributed by atoms with Crippen molar-refractivity contribution in [2.45, 2.75) is 18.3 Å². The van der Waals surface area contributed by atoms with Crippen LogP contribution in [0.25, 0.3) is 0 Å². The fraction of sp³-hybridized carbons (Fsp3) is 0.364. The van der Waals surface area contributed by atoms with Crippen LogP contribution in [-0.2, 0) is 5.41 Å². The van der Waals surface area contributed by atoms with Crippen LogP contribution in [0, 0.1) is 23.0 Å². The molecule has 0 saturated heterocycles. The van der Waals surface area contributed by atoms with Crippen LogP contribution in [0.4, 0.5) is 8.78 Å². The normalized spacial score (nSPS) is 16.9. The van der Waals surface area contributed by atoms with Crippen LogP contribution in [0.2, 0.25) is 0 Å². The van der Waals surface area contributed by atoms with Crippen molar-refractivity contribution in [1.29, 1.82) is 5.26 Å². The Morgan fingerprint density at radius 2 is 2.07 bits per heavy atom. The summed E-state index contributed by atoms with van der Waals surface area (Å²) in [5.74, 6) is -2.12. The highest BCUT2D eigenvalue weighted by Crippen LogP contribution is 2.48. The maximum atomic E-state index is 13.2. The van der Waals surface area contributed by atoms with Gasteiger partial charge in [-0.05, 0) is 30.5 Å². The molecule has 0 unspecified atom stereocenters. The van der Waals surface area contributed by atoms with E-state index >= 15 is 0 Å². The number of hydrogen-bond donors (Lipinski definition) is 0. The van der Waals surface area contributed by atoms with Crippen molar-refractivity contribution >= 4 is 0 Å². The van der Waals surface area contributed by atoms with Crippen molar-refractivity contribution in [3.8, 4) is 11.8 Å². The first-order valence-corrected chi connectivity index (χ1v) is 4.58. The molecular formula is C11H9F2NO. The fourth-order valence-corrected chi connectivity index (χ4v) is 1.58. The first kappa shape index (κ1) is 9.91. The second kappa shape index (κ2) is 3.20. The standard InChI is InChI=1S/C11H9F2NO/c1-15-9-5-7(4-8(12)10(9)13)11(6-14)2-3-11/h4-5H,2-3H2,1H3. The maximum absolute atomic E-state index is 13.2. The summed E-state index contributed by atoms with van der Waals surface area (Å²) in [5.41, 5.74) is -0.122. The first-order valence-electron chi connectivity index (χ1n) is 4.58. The molecule has 4 heteroatoms. The Morgan fingerprint density at radius 3 is 2.53 bits per heavy atom. The van der Waals surface area contributed by atoms with E-state index in [1.165, 1.54) is 13.2 Å². The van der Waals surface area contributed by atoms with Gasteiger partial charge in [0, 0.05) is 0 Å². The predicted molar refractivity (Wildman–Crippen MR) is 49.4 cm³/mol. The van der Waals surface area contributed by atoms with E-state index < -0.39 is 17.0 Å². The Bertz CT molecular complexity index is 447. The molecule has 2 rings (SSSR count). The number of rotatable bonds is 2. The Labute approximate surface area is 86.1 Å². The van der Waals surface area contributed by atoms with Gasteiger partial charge in [-0.1, -0.05) is 0 Å². The third kappa shape index (κ3) is 1.44. The fourth-order valence-electron chi connectivity index (χ4n) is 1.58. The molecule has 0 atom stereocenters. The monoisotopic (exact) mass is 209 g/mol. The number of nitriles is 1. The minimum atomic E-state index is -1.00. The molecule has 0 spiro atoms. The molecule has 0 bridgehead atoms. The van der Waals surface area contributed by atoms with Gasteiger partial charge in [0.15, 0.2) is 11.6 Å². The average Bonchev–Trinajstić information content (AvgIpc) is 3.02. The SMILES string of the molecule is COc1cc(C2(C#N)CC2)cc(F)c1F. The molecule has 1 aromatic carbocycles. The van der Waals surface area contributed by atoms with Crippen molar-refractivity contribution in [2.24, 2.45) is 0 Å². The third-order valence-corrected chi connectivity index (χ3v) is 2.73. The number of benzene rings is 1. The quantitative estimate of drug-likeness (QED) is 0.749. The Hall–Kier alpha value is -1.63. The summed E-state index contributed by atoms with van der Waals surface area (Å²) in [6, 6.07) is 4.60. The van der Waals surface area contributed by atoms with Gasteiger partial charge < -0.3 is 4.74 Å². The minimum absolute atomic E-state index is 0.147. The molecule has 2 nitrogen and oxygen atoms in total. The average molecular weight is 209 g/mol. The highest BCUT2D eigenvalue weighted by Gasteiger charge is 2.45. The largest absolute Gasteiger partial charge is 0.494 e. The second-order valence-corrected chi connectivity index (χ2v) is 3.67. The summed E-state index contributed by atoms with van der Waals surface area (Å²) in [7, 11) is 1.27. The van der Waals surface area contributed by atoms with Crippen molar-refractivity contribution in [1.82, 2.24) is 0 Å². The Morgan fingerprint density at radius 1 is 1.40 bits per heavy atom. The number of hydrogen-bond acceptors (Lipinski definition) is 2. The minimum Gasteiger partial charge on any atom is -0.494 e. The van der Waals surface area contributed by atoms with Crippen molar-refractivity contribution < 1.29 is 13.5 Å². The van der Waals surface area contributed by atoms with E-state index in [1.54, 1.807) is 0 Å². The van der Waals surface area contributed by atoms with Gasteiger partial charge in [0.05, 0.1) is 18.6 Å². The number of methoxy groups -OCH3 is 1. The molecule has 1 fully saturated rings. The molecular weight excluding hydrogens is 200 g/mol.